The Bertz CT molecular complexity index is 719. The van der Waals surface area contributed by atoms with Gasteiger partial charge in [-0.25, -0.2) is 9.59 Å². The van der Waals surface area contributed by atoms with Crippen molar-refractivity contribution in [2.75, 3.05) is 13.2 Å². The minimum absolute atomic E-state index is 0.0496. The molecule has 2 unspecified atom stereocenters. The standard InChI is InChI=1S/C32H54O5/c1-6-7-8-9-26-12-16-29(17-13-26)30-18-14-27(15-19-30)10-11-28(21-36-31(34)20-23(2)3)22-37-32(35)24(4)25(5)33/h20,25-30,33H,4,6-19,21-22H2,1-3,5H3. The van der Waals surface area contributed by atoms with Gasteiger partial charge in [0.05, 0.1) is 24.9 Å². The van der Waals surface area contributed by atoms with E-state index < -0.39 is 12.1 Å². The fourth-order valence-corrected chi connectivity index (χ4v) is 6.20. The van der Waals surface area contributed by atoms with E-state index in [0.29, 0.717) is 5.92 Å². The van der Waals surface area contributed by atoms with Crippen molar-refractivity contribution in [1.82, 2.24) is 0 Å². The summed E-state index contributed by atoms with van der Waals surface area (Å²) in [5.74, 6) is 2.52. The lowest BCUT2D eigenvalue weighted by atomic mass is 9.68. The van der Waals surface area contributed by atoms with Crippen molar-refractivity contribution in [3.05, 3.63) is 23.8 Å². The third-order valence-electron chi connectivity index (χ3n) is 8.73. The minimum atomic E-state index is -0.937. The molecule has 37 heavy (non-hydrogen) atoms. The molecule has 0 amide bonds. The van der Waals surface area contributed by atoms with Gasteiger partial charge < -0.3 is 14.6 Å². The summed E-state index contributed by atoms with van der Waals surface area (Å²) in [5, 5.41) is 9.59. The Balaban J connectivity index is 1.76. The zero-order chi connectivity index (χ0) is 27.2. The number of aliphatic hydroxyl groups is 1. The molecule has 5 nitrogen and oxygen atoms in total. The van der Waals surface area contributed by atoms with Gasteiger partial charge in [0, 0.05) is 12.0 Å². The van der Waals surface area contributed by atoms with Crippen molar-refractivity contribution in [2.24, 2.45) is 29.6 Å². The highest BCUT2D eigenvalue weighted by atomic mass is 16.5. The lowest BCUT2D eigenvalue weighted by Gasteiger charge is -2.38. The summed E-state index contributed by atoms with van der Waals surface area (Å²) >= 11 is 0. The fraction of sp³-hybridized carbons (Fsp3) is 0.812. The number of hydrogen-bond donors (Lipinski definition) is 1. The molecule has 0 saturated heterocycles. The first-order valence-electron chi connectivity index (χ1n) is 15.0. The second-order valence-electron chi connectivity index (χ2n) is 12.2. The van der Waals surface area contributed by atoms with Gasteiger partial charge in [0.1, 0.15) is 0 Å². The number of rotatable bonds is 15. The second kappa shape index (κ2) is 17.1. The van der Waals surface area contributed by atoms with Crippen LogP contribution in [0.2, 0.25) is 0 Å². The smallest absolute Gasteiger partial charge is 0.336 e. The zero-order valence-electron chi connectivity index (χ0n) is 24.1. The predicted octanol–water partition coefficient (Wildman–Crippen LogP) is 7.57. The summed E-state index contributed by atoms with van der Waals surface area (Å²) < 4.78 is 10.9. The summed E-state index contributed by atoms with van der Waals surface area (Å²) in [6, 6.07) is 0. The third kappa shape index (κ3) is 12.2. The van der Waals surface area contributed by atoms with Gasteiger partial charge in [0.15, 0.2) is 0 Å². The molecule has 0 bridgehead atoms. The number of aliphatic hydroxyl groups excluding tert-OH is 1. The maximum absolute atomic E-state index is 12.2. The van der Waals surface area contributed by atoms with Crippen LogP contribution in [0.5, 0.6) is 0 Å². The first-order valence-corrected chi connectivity index (χ1v) is 15.0. The molecular weight excluding hydrogens is 464 g/mol. The van der Waals surface area contributed by atoms with E-state index in [-0.39, 0.29) is 30.7 Å². The zero-order valence-corrected chi connectivity index (χ0v) is 24.1. The molecule has 0 heterocycles. The number of carbonyl (C=O) groups is 2. The molecular formula is C32H54O5. The summed E-state index contributed by atoms with van der Waals surface area (Å²) in [5.41, 5.74) is 0.941. The second-order valence-corrected chi connectivity index (χ2v) is 12.2. The summed E-state index contributed by atoms with van der Waals surface area (Å²) in [4.78, 5) is 24.2. The summed E-state index contributed by atoms with van der Waals surface area (Å²) in [6.07, 6.45) is 19.1. The van der Waals surface area contributed by atoms with Gasteiger partial charge in [-0.15, -0.1) is 0 Å². The van der Waals surface area contributed by atoms with E-state index in [9.17, 15) is 14.7 Å². The van der Waals surface area contributed by atoms with Crippen LogP contribution in [0.3, 0.4) is 0 Å². The molecule has 2 rings (SSSR count). The molecule has 0 radical (unpaired) electrons. The molecule has 0 spiro atoms. The summed E-state index contributed by atoms with van der Waals surface area (Å²) in [7, 11) is 0. The molecule has 0 aromatic carbocycles. The summed E-state index contributed by atoms with van der Waals surface area (Å²) in [6.45, 7) is 11.5. The molecule has 2 atom stereocenters. The maximum Gasteiger partial charge on any atom is 0.336 e. The molecule has 212 valence electrons. The fourth-order valence-electron chi connectivity index (χ4n) is 6.20. The number of carbonyl (C=O) groups excluding carboxylic acids is 2. The molecule has 0 aromatic heterocycles. The number of allylic oxidation sites excluding steroid dienone is 1. The predicted molar refractivity (Wildman–Crippen MR) is 150 cm³/mol. The first-order chi connectivity index (χ1) is 17.7. The highest BCUT2D eigenvalue weighted by Crippen LogP contribution is 2.43. The molecule has 2 aliphatic carbocycles. The molecule has 1 N–H and O–H groups in total. The van der Waals surface area contributed by atoms with Gasteiger partial charge in [0.25, 0.3) is 0 Å². The highest BCUT2D eigenvalue weighted by molar-refractivity contribution is 5.88. The van der Waals surface area contributed by atoms with Crippen LogP contribution in [0.4, 0.5) is 0 Å². The average Bonchev–Trinajstić information content (AvgIpc) is 2.88. The van der Waals surface area contributed by atoms with Gasteiger partial charge in [-0.3, -0.25) is 0 Å². The van der Waals surface area contributed by atoms with Gasteiger partial charge >= 0.3 is 11.9 Å². The van der Waals surface area contributed by atoms with Crippen LogP contribution in [0.1, 0.15) is 118 Å². The Labute approximate surface area is 226 Å². The van der Waals surface area contributed by atoms with E-state index in [4.69, 9.17) is 9.47 Å². The van der Waals surface area contributed by atoms with Crippen LogP contribution in [-0.4, -0.2) is 36.4 Å². The largest absolute Gasteiger partial charge is 0.462 e. The van der Waals surface area contributed by atoms with Crippen LogP contribution in [0.25, 0.3) is 0 Å². The number of hydrogen-bond acceptors (Lipinski definition) is 5. The Morgan fingerprint density at radius 1 is 0.892 bits per heavy atom. The lowest BCUT2D eigenvalue weighted by Crippen LogP contribution is -2.27. The Morgan fingerprint density at radius 3 is 1.95 bits per heavy atom. The van der Waals surface area contributed by atoms with Gasteiger partial charge in [-0.05, 0) is 83.0 Å². The maximum atomic E-state index is 12.2. The van der Waals surface area contributed by atoms with Gasteiger partial charge in [-0.1, -0.05) is 70.4 Å². The molecule has 0 aromatic rings. The highest BCUT2D eigenvalue weighted by Gasteiger charge is 2.31. The van der Waals surface area contributed by atoms with E-state index in [0.717, 1.165) is 36.2 Å². The lowest BCUT2D eigenvalue weighted by molar-refractivity contribution is -0.144. The Hall–Kier alpha value is -1.62. The molecule has 2 fully saturated rings. The van der Waals surface area contributed by atoms with Crippen LogP contribution < -0.4 is 0 Å². The molecule has 0 aliphatic heterocycles. The molecule has 2 aliphatic rings. The van der Waals surface area contributed by atoms with Crippen LogP contribution in [-0.2, 0) is 19.1 Å². The number of esters is 2. The number of unbranched alkanes of at least 4 members (excludes halogenated alkanes) is 2. The van der Waals surface area contributed by atoms with E-state index in [1.165, 1.54) is 90.0 Å². The topological polar surface area (TPSA) is 72.8 Å². The third-order valence-corrected chi connectivity index (χ3v) is 8.73. The normalized spacial score (nSPS) is 25.5. The first kappa shape index (κ1) is 31.6. The van der Waals surface area contributed by atoms with E-state index in [1.54, 1.807) is 0 Å². The Kier molecular flexibility index (Phi) is 14.6. The number of ether oxygens (including phenoxy) is 2. The van der Waals surface area contributed by atoms with E-state index in [1.807, 2.05) is 13.8 Å². The van der Waals surface area contributed by atoms with Crippen molar-refractivity contribution in [3.8, 4) is 0 Å². The SMILES string of the molecule is C=C(C(=O)OCC(CCC1CCC(C2CCC(CCCCC)CC2)CC1)COC(=O)C=C(C)C)C(C)O. The monoisotopic (exact) mass is 518 g/mol. The van der Waals surface area contributed by atoms with Gasteiger partial charge in [0.2, 0.25) is 0 Å². The quantitative estimate of drug-likeness (QED) is 0.137. The van der Waals surface area contributed by atoms with Crippen molar-refractivity contribution in [2.45, 2.75) is 124 Å². The van der Waals surface area contributed by atoms with E-state index in [2.05, 4.69) is 13.5 Å². The van der Waals surface area contributed by atoms with Crippen molar-refractivity contribution in [1.29, 1.82) is 0 Å². The average molecular weight is 519 g/mol. The van der Waals surface area contributed by atoms with Crippen LogP contribution in [0, 0.1) is 29.6 Å². The Morgan fingerprint density at radius 2 is 1.43 bits per heavy atom. The molecule has 5 heteroatoms. The van der Waals surface area contributed by atoms with Crippen molar-refractivity contribution < 1.29 is 24.2 Å². The van der Waals surface area contributed by atoms with Crippen LogP contribution in [0.15, 0.2) is 23.8 Å². The molecule has 2 saturated carbocycles. The van der Waals surface area contributed by atoms with E-state index >= 15 is 0 Å². The van der Waals surface area contributed by atoms with Gasteiger partial charge in [-0.2, -0.15) is 0 Å². The van der Waals surface area contributed by atoms with Crippen LogP contribution >= 0.6 is 0 Å². The minimum Gasteiger partial charge on any atom is -0.462 e. The van der Waals surface area contributed by atoms with Crippen molar-refractivity contribution >= 4 is 11.9 Å². The van der Waals surface area contributed by atoms with Crippen molar-refractivity contribution in [3.63, 3.8) is 0 Å².